The molecule has 0 bridgehead atoms. The van der Waals surface area contributed by atoms with Gasteiger partial charge in [-0.2, -0.15) is 0 Å². The molecule has 24 heavy (non-hydrogen) atoms. The van der Waals surface area contributed by atoms with Gasteiger partial charge >= 0.3 is 0 Å². The number of pyridine rings is 1. The second kappa shape index (κ2) is 6.67. The lowest BCUT2D eigenvalue weighted by molar-refractivity contribution is 0.0917. The number of ether oxygens (including phenoxy) is 1. The van der Waals surface area contributed by atoms with Crippen molar-refractivity contribution in [2.75, 3.05) is 18.1 Å². The lowest BCUT2D eigenvalue weighted by Gasteiger charge is -2.23. The summed E-state index contributed by atoms with van der Waals surface area (Å²) >= 11 is 1.53. The first-order valence-corrected chi connectivity index (χ1v) is 8.82. The van der Waals surface area contributed by atoms with Gasteiger partial charge in [-0.1, -0.05) is 23.5 Å². The van der Waals surface area contributed by atoms with Crippen molar-refractivity contribution in [3.8, 4) is 0 Å². The highest BCUT2D eigenvalue weighted by molar-refractivity contribution is 7.22. The van der Waals surface area contributed by atoms with Crippen LogP contribution in [0.2, 0.25) is 0 Å². The van der Waals surface area contributed by atoms with Crippen LogP contribution in [0.15, 0.2) is 48.8 Å². The second-order valence-corrected chi connectivity index (χ2v) is 6.76. The number of hydrogen-bond donors (Lipinski definition) is 0. The Labute approximate surface area is 143 Å². The van der Waals surface area contributed by atoms with Crippen molar-refractivity contribution in [2.24, 2.45) is 0 Å². The van der Waals surface area contributed by atoms with Crippen LogP contribution in [0.1, 0.15) is 23.2 Å². The van der Waals surface area contributed by atoms with Crippen molar-refractivity contribution >= 4 is 32.6 Å². The molecule has 1 amide bonds. The third-order valence-corrected chi connectivity index (χ3v) is 5.16. The van der Waals surface area contributed by atoms with Crippen molar-refractivity contribution in [3.05, 3.63) is 54.4 Å². The Balaban J connectivity index is 1.70. The summed E-state index contributed by atoms with van der Waals surface area (Å²) < 4.78 is 6.81. The maximum absolute atomic E-state index is 13.0. The van der Waals surface area contributed by atoms with Crippen molar-refractivity contribution < 1.29 is 9.53 Å². The summed E-state index contributed by atoms with van der Waals surface area (Å²) in [4.78, 5) is 23.4. The van der Waals surface area contributed by atoms with Crippen LogP contribution in [0.5, 0.6) is 0 Å². The molecule has 0 N–H and O–H groups in total. The van der Waals surface area contributed by atoms with Gasteiger partial charge in [0.2, 0.25) is 0 Å². The molecule has 0 unspecified atom stereocenters. The summed E-state index contributed by atoms with van der Waals surface area (Å²) in [6.07, 6.45) is 5.36. The van der Waals surface area contributed by atoms with E-state index in [1.165, 1.54) is 11.3 Å². The molecular weight excluding hydrogens is 322 g/mol. The zero-order valence-electron chi connectivity index (χ0n) is 13.1. The second-order valence-electron chi connectivity index (χ2n) is 5.75. The third-order valence-electron chi connectivity index (χ3n) is 4.10. The topological polar surface area (TPSA) is 55.3 Å². The number of amides is 1. The van der Waals surface area contributed by atoms with Crippen LogP contribution in [-0.4, -0.2) is 35.1 Å². The molecule has 1 aromatic carbocycles. The standard InChI is InChI=1S/C18H17N3O2S/c22-17(13-7-9-19-10-8-13)21(12-14-4-3-11-23-14)18-20-15-5-1-2-6-16(15)24-18/h1-2,5-10,14H,3-4,11-12H2/t14-/m1/s1. The van der Waals surface area contributed by atoms with Crippen LogP contribution in [0.3, 0.4) is 0 Å². The Morgan fingerprint density at radius 1 is 1.25 bits per heavy atom. The van der Waals surface area contributed by atoms with Gasteiger partial charge in [0.25, 0.3) is 5.91 Å². The van der Waals surface area contributed by atoms with Crippen molar-refractivity contribution in [2.45, 2.75) is 18.9 Å². The van der Waals surface area contributed by atoms with Crippen LogP contribution < -0.4 is 4.90 Å². The van der Waals surface area contributed by atoms with Crippen molar-refractivity contribution in [1.82, 2.24) is 9.97 Å². The molecule has 3 heterocycles. The summed E-state index contributed by atoms with van der Waals surface area (Å²) in [5, 5.41) is 0.716. The molecule has 1 saturated heterocycles. The first-order chi connectivity index (χ1) is 11.8. The van der Waals surface area contributed by atoms with Crippen LogP contribution in [-0.2, 0) is 4.74 Å². The normalized spacial score (nSPS) is 17.2. The lowest BCUT2D eigenvalue weighted by Crippen LogP contribution is -2.37. The van der Waals surface area contributed by atoms with Gasteiger partial charge in [0.1, 0.15) is 0 Å². The van der Waals surface area contributed by atoms with Crippen LogP contribution in [0.25, 0.3) is 10.2 Å². The molecule has 1 aliphatic rings. The maximum atomic E-state index is 13.0. The lowest BCUT2D eigenvalue weighted by atomic mass is 10.2. The molecule has 1 atom stereocenters. The van der Waals surface area contributed by atoms with Gasteiger partial charge in [0.05, 0.1) is 22.9 Å². The molecule has 6 heteroatoms. The van der Waals surface area contributed by atoms with Gasteiger partial charge in [0, 0.05) is 24.6 Å². The largest absolute Gasteiger partial charge is 0.376 e. The smallest absolute Gasteiger partial charge is 0.260 e. The number of anilines is 1. The molecule has 5 nitrogen and oxygen atoms in total. The summed E-state index contributed by atoms with van der Waals surface area (Å²) in [5.41, 5.74) is 1.53. The van der Waals surface area contributed by atoms with E-state index in [4.69, 9.17) is 4.74 Å². The van der Waals surface area contributed by atoms with Crippen LogP contribution in [0.4, 0.5) is 5.13 Å². The number of aromatic nitrogens is 2. The summed E-state index contributed by atoms with van der Waals surface area (Å²) in [5.74, 6) is -0.0630. The van der Waals surface area contributed by atoms with Gasteiger partial charge in [-0.05, 0) is 37.1 Å². The molecular formula is C18H17N3O2S. The highest BCUT2D eigenvalue weighted by atomic mass is 32.1. The fourth-order valence-corrected chi connectivity index (χ4v) is 3.84. The predicted molar refractivity (Wildman–Crippen MR) is 94.5 cm³/mol. The minimum absolute atomic E-state index is 0.0630. The van der Waals surface area contributed by atoms with E-state index in [0.717, 1.165) is 29.7 Å². The van der Waals surface area contributed by atoms with Gasteiger partial charge in [-0.25, -0.2) is 4.98 Å². The van der Waals surface area contributed by atoms with Gasteiger partial charge in [0.15, 0.2) is 5.13 Å². The zero-order chi connectivity index (χ0) is 16.4. The Hall–Kier alpha value is -2.31. The molecule has 122 valence electrons. The van der Waals surface area contributed by atoms with E-state index in [9.17, 15) is 4.79 Å². The van der Waals surface area contributed by atoms with Crippen molar-refractivity contribution in [3.63, 3.8) is 0 Å². The molecule has 0 radical (unpaired) electrons. The zero-order valence-corrected chi connectivity index (χ0v) is 13.9. The molecule has 3 aromatic rings. The van der Waals surface area contributed by atoms with E-state index < -0.39 is 0 Å². The third kappa shape index (κ3) is 3.02. The highest BCUT2D eigenvalue weighted by Crippen LogP contribution is 2.30. The maximum Gasteiger partial charge on any atom is 0.260 e. The fraction of sp³-hybridized carbons (Fsp3) is 0.278. The number of carbonyl (C=O) groups is 1. The molecule has 2 aromatic heterocycles. The number of hydrogen-bond acceptors (Lipinski definition) is 5. The average molecular weight is 339 g/mol. The number of fused-ring (bicyclic) bond motifs is 1. The number of carbonyl (C=O) groups excluding carboxylic acids is 1. The van der Waals surface area contributed by atoms with Gasteiger partial charge < -0.3 is 4.74 Å². The van der Waals surface area contributed by atoms with E-state index >= 15 is 0 Å². The fourth-order valence-electron chi connectivity index (χ4n) is 2.87. The summed E-state index contributed by atoms with van der Waals surface area (Å²) in [6.45, 7) is 1.29. The first-order valence-electron chi connectivity index (χ1n) is 8.00. The number of nitrogens with zero attached hydrogens (tertiary/aromatic N) is 3. The first kappa shape index (κ1) is 15.2. The van der Waals surface area contributed by atoms with E-state index in [-0.39, 0.29) is 12.0 Å². The Morgan fingerprint density at radius 2 is 2.08 bits per heavy atom. The molecule has 0 saturated carbocycles. The number of rotatable bonds is 4. The minimum Gasteiger partial charge on any atom is -0.376 e. The predicted octanol–water partition coefficient (Wildman–Crippen LogP) is 3.52. The van der Waals surface area contributed by atoms with Gasteiger partial charge in [-0.15, -0.1) is 0 Å². The average Bonchev–Trinajstić information content (AvgIpc) is 3.29. The molecule has 1 aliphatic heterocycles. The van der Waals surface area contributed by atoms with Crippen molar-refractivity contribution in [1.29, 1.82) is 0 Å². The summed E-state index contributed by atoms with van der Waals surface area (Å²) in [7, 11) is 0. The molecule has 4 rings (SSSR count). The van der Waals surface area contributed by atoms with E-state index in [1.807, 2.05) is 24.3 Å². The minimum atomic E-state index is -0.0630. The molecule has 0 spiro atoms. The highest BCUT2D eigenvalue weighted by Gasteiger charge is 2.26. The molecule has 1 fully saturated rings. The van der Waals surface area contributed by atoms with Gasteiger partial charge in [-0.3, -0.25) is 14.7 Å². The van der Waals surface area contributed by atoms with E-state index in [0.29, 0.717) is 17.2 Å². The summed E-state index contributed by atoms with van der Waals surface area (Å²) in [6, 6.07) is 11.4. The van der Waals surface area contributed by atoms with E-state index in [1.54, 1.807) is 29.4 Å². The van der Waals surface area contributed by atoms with Crippen LogP contribution in [0, 0.1) is 0 Å². The Bertz CT molecular complexity index is 811. The van der Waals surface area contributed by atoms with Crippen LogP contribution >= 0.6 is 11.3 Å². The number of para-hydroxylation sites is 1. The molecule has 0 aliphatic carbocycles. The number of thiazole rings is 1. The Morgan fingerprint density at radius 3 is 2.83 bits per heavy atom. The monoisotopic (exact) mass is 339 g/mol. The quantitative estimate of drug-likeness (QED) is 0.730. The van der Waals surface area contributed by atoms with E-state index in [2.05, 4.69) is 9.97 Å². The SMILES string of the molecule is O=C(c1ccncc1)N(C[C@H]1CCCO1)c1nc2ccccc2s1. The number of benzene rings is 1. The Kier molecular flexibility index (Phi) is 4.23.